The van der Waals surface area contributed by atoms with Crippen LogP contribution in [-0.2, 0) is 9.47 Å². The minimum atomic E-state index is 0.449. The average molecular weight is 1220 g/mol. The molecule has 11 rings (SSSR count). The van der Waals surface area contributed by atoms with Gasteiger partial charge in [0.05, 0.1) is 25.9 Å². The molecule has 0 aromatic rings. The number of likely N-dealkylation sites (N-methyl/N-ethyl adjacent to an activating group) is 1. The second kappa shape index (κ2) is 52.6. The Balaban J connectivity index is 0.000000474. The second-order valence-electron chi connectivity index (χ2n) is 30.3. The number of rotatable bonds is 6. The Hall–Kier alpha value is -0.840. The highest BCUT2D eigenvalue weighted by Gasteiger charge is 2.21. The minimum absolute atomic E-state index is 0.449. The Bertz CT molecular complexity index is 1360. The van der Waals surface area contributed by atoms with E-state index in [2.05, 4.69) is 194 Å². The van der Waals surface area contributed by atoms with E-state index in [4.69, 9.17) is 9.47 Å². The van der Waals surface area contributed by atoms with Crippen molar-refractivity contribution in [1.29, 1.82) is 0 Å². The third-order valence-electron chi connectivity index (χ3n) is 19.4. The third-order valence-corrected chi connectivity index (χ3v) is 19.4. The summed E-state index contributed by atoms with van der Waals surface area (Å²) in [5, 5.41) is 12.1. The van der Waals surface area contributed by atoms with E-state index in [0.29, 0.717) is 12.0 Å². The maximum atomic E-state index is 5.25. The molecule has 13 heteroatoms. The normalized spacial score (nSPS) is 27.6. The monoisotopic (exact) mass is 1220 g/mol. The summed E-state index contributed by atoms with van der Waals surface area (Å²) < 4.78 is 10.4. The molecule has 1 saturated carbocycles. The lowest BCUT2D eigenvalue weighted by molar-refractivity contribution is 0.0637. The van der Waals surface area contributed by atoms with E-state index < -0.39 is 0 Å². The van der Waals surface area contributed by atoms with Crippen LogP contribution in [0, 0.1) is 59.2 Å². The van der Waals surface area contributed by atoms with Gasteiger partial charge in [-0.15, -0.1) is 0 Å². The van der Waals surface area contributed by atoms with E-state index in [1.54, 1.807) is 0 Å². The van der Waals surface area contributed by atoms with Gasteiger partial charge in [-0.3, -0.25) is 4.90 Å². The lowest BCUT2D eigenvalue weighted by Gasteiger charge is -2.33. The number of nitrogens with zero attached hydrogens (tertiary/aromatic N) is 11. The van der Waals surface area contributed by atoms with Crippen molar-refractivity contribution in [1.82, 2.24) is 44.3 Å². The summed E-state index contributed by atoms with van der Waals surface area (Å²) in [6.45, 7) is 48.9. The molecule has 514 valence electrons. The molecule has 0 N–H and O–H groups in total. The van der Waals surface area contributed by atoms with Crippen LogP contribution in [0.3, 0.4) is 0 Å². The van der Waals surface area contributed by atoms with Gasteiger partial charge < -0.3 is 38.9 Å². The Morgan fingerprint density at radius 2 is 0.686 bits per heavy atom. The van der Waals surface area contributed by atoms with Crippen molar-refractivity contribution >= 4 is 0 Å². The molecule has 0 bridgehead atoms. The Kier molecular flexibility index (Phi) is 50.9. The third kappa shape index (κ3) is 47.1. The van der Waals surface area contributed by atoms with Crippen molar-refractivity contribution < 1.29 is 9.47 Å². The molecule has 0 radical (unpaired) electrons. The van der Waals surface area contributed by atoms with Crippen LogP contribution in [0.4, 0.5) is 0 Å². The number of hydrogen-bond acceptors (Lipinski definition) is 13. The summed E-state index contributed by atoms with van der Waals surface area (Å²) in [5.74, 6) is 9.46. The molecule has 10 aliphatic heterocycles. The van der Waals surface area contributed by atoms with Crippen molar-refractivity contribution in [2.75, 3.05) is 195 Å². The molecule has 0 spiro atoms. The Labute approximate surface area is 538 Å². The number of likely N-dealkylation sites (tertiary alicyclic amines) is 6. The van der Waals surface area contributed by atoms with E-state index in [1.165, 1.54) is 233 Å². The van der Waals surface area contributed by atoms with Crippen molar-refractivity contribution in [2.45, 2.75) is 224 Å². The van der Waals surface area contributed by atoms with E-state index in [-0.39, 0.29) is 0 Å². The van der Waals surface area contributed by atoms with Gasteiger partial charge in [0.1, 0.15) is 0 Å². The SMILES string of the molecule is CC1CCN(C)CC1.CC1CN(C)C1.CC1CN(C)N(C)C1.CC1CN=NC1.CCCC1CCCCC1.CCCC1CCN(C)CC1.CCCC1CCOCC1.C[C@@H]1CCCN(C)C1.C[C@@H]1CCCN(C)C1.C[C@@H]1CCN(C)C1.C[C@H]1CN(C)CO1. The predicted octanol–water partition coefficient (Wildman–Crippen LogP) is 15.1. The van der Waals surface area contributed by atoms with Crippen LogP contribution in [0.1, 0.15) is 217 Å². The molecule has 0 aromatic heterocycles. The number of hydrogen-bond donors (Lipinski definition) is 0. The fourth-order valence-electron chi connectivity index (χ4n) is 13.7. The number of azo groups is 1. The highest BCUT2D eigenvalue weighted by atomic mass is 16.5. The number of hydrazine groups is 1. The molecular weight excluding hydrogens is 1060 g/mol. The molecule has 86 heavy (non-hydrogen) atoms. The first kappa shape index (κ1) is 83.2. The number of ether oxygens (including phenoxy) is 2. The van der Waals surface area contributed by atoms with Gasteiger partial charge in [0.15, 0.2) is 0 Å². The largest absolute Gasteiger partial charge is 0.381 e. The van der Waals surface area contributed by atoms with Gasteiger partial charge in [-0.05, 0) is 232 Å². The van der Waals surface area contributed by atoms with Crippen molar-refractivity contribution in [3.8, 4) is 0 Å². The summed E-state index contributed by atoms with van der Waals surface area (Å²) in [4.78, 5) is 16.5. The molecule has 10 fully saturated rings. The summed E-state index contributed by atoms with van der Waals surface area (Å²) in [7, 11) is 19.5. The van der Waals surface area contributed by atoms with E-state index in [9.17, 15) is 0 Å². The summed E-state index contributed by atoms with van der Waals surface area (Å²) in [5.41, 5.74) is 0. The fraction of sp³-hybridized carbons (Fsp3) is 1.00. The van der Waals surface area contributed by atoms with Gasteiger partial charge in [0, 0.05) is 79.7 Å². The molecule has 13 nitrogen and oxygen atoms in total. The Morgan fingerprint density at radius 1 is 0.314 bits per heavy atom. The summed E-state index contributed by atoms with van der Waals surface area (Å²) in [6.07, 6.45) is 31.8. The topological polar surface area (TPSA) is 72.3 Å². The first-order valence-corrected chi connectivity index (χ1v) is 36.8. The van der Waals surface area contributed by atoms with Crippen LogP contribution in [0.15, 0.2) is 10.2 Å². The zero-order valence-electron chi connectivity index (χ0n) is 61.8. The molecule has 0 unspecified atom stereocenters. The van der Waals surface area contributed by atoms with Gasteiger partial charge in [-0.1, -0.05) is 140 Å². The summed E-state index contributed by atoms with van der Waals surface area (Å²) in [6, 6.07) is 0. The maximum absolute atomic E-state index is 5.25. The zero-order valence-corrected chi connectivity index (χ0v) is 61.8. The van der Waals surface area contributed by atoms with Gasteiger partial charge in [0.25, 0.3) is 0 Å². The molecule has 10 heterocycles. The molecule has 9 saturated heterocycles. The minimum Gasteiger partial charge on any atom is -0.381 e. The van der Waals surface area contributed by atoms with Gasteiger partial charge >= 0.3 is 0 Å². The highest BCUT2D eigenvalue weighted by molar-refractivity contribution is 4.73. The molecular formula is C73H155N11O2. The lowest BCUT2D eigenvalue weighted by Crippen LogP contribution is -2.41. The number of piperidine rings is 4. The van der Waals surface area contributed by atoms with E-state index >= 15 is 0 Å². The van der Waals surface area contributed by atoms with Gasteiger partial charge in [-0.2, -0.15) is 10.2 Å². The fourth-order valence-corrected chi connectivity index (χ4v) is 13.7. The standard InChI is InChI=1S/C9H19N.C9H18.C8H16O.3C7H15N.C6H14N2.C6H13N.C5H11NO.C5H11N.C4H8N2/c1-3-4-9-5-7-10(2)8-6-9;1-2-6-9-7-4-3-5-8-9;1-2-3-8-4-6-9-7-5-8;1-7-3-5-8(2)6-4-7;2*1-7-4-3-5-8(2)6-7;1-6-4-7(2)8(3)5-6;1-6-3-4-7(2)5-6;1-5-3-6(2)4-7-5;1-5-3-6(2)4-5;1-4-2-5-6-3-4/h9H,3-8H2,1-2H3;9H,2-8H2,1H3;8H,2-7H2,1H3;3*7H,3-6H2,1-2H3;6H,4-5H2,1-3H3;6H,3-5H2,1-2H3;5H,3-4H2,1-2H3;5H,3-4H2,1-2H3;4H,2-3H2,1H3/t;;;;2*7-;;6-;5-;;/m....11.10../s1. The first-order valence-electron chi connectivity index (χ1n) is 36.8. The van der Waals surface area contributed by atoms with Crippen molar-refractivity contribution in [3.63, 3.8) is 0 Å². The molecule has 4 atom stereocenters. The highest BCUT2D eigenvalue weighted by Crippen LogP contribution is 2.27. The van der Waals surface area contributed by atoms with Gasteiger partial charge in [-0.25, -0.2) is 10.0 Å². The van der Waals surface area contributed by atoms with E-state index in [1.807, 2.05) is 0 Å². The lowest BCUT2D eigenvalue weighted by atomic mass is 9.86. The van der Waals surface area contributed by atoms with Gasteiger partial charge in [0.2, 0.25) is 0 Å². The maximum Gasteiger partial charge on any atom is 0.0992 e. The second-order valence-corrected chi connectivity index (χ2v) is 30.3. The Morgan fingerprint density at radius 3 is 0.942 bits per heavy atom. The first-order chi connectivity index (χ1) is 41.0. The quantitative estimate of drug-likeness (QED) is 0.255. The van der Waals surface area contributed by atoms with E-state index in [0.717, 1.165) is 92.8 Å². The van der Waals surface area contributed by atoms with Crippen LogP contribution in [0.2, 0.25) is 0 Å². The average Bonchev–Trinajstić information content (AvgIpc) is 4.39. The summed E-state index contributed by atoms with van der Waals surface area (Å²) >= 11 is 0. The van der Waals surface area contributed by atoms with Crippen molar-refractivity contribution in [3.05, 3.63) is 0 Å². The zero-order chi connectivity index (χ0) is 64.1. The molecule has 0 aromatic carbocycles. The van der Waals surface area contributed by atoms with Crippen LogP contribution >= 0.6 is 0 Å². The van der Waals surface area contributed by atoms with Crippen molar-refractivity contribution in [2.24, 2.45) is 69.4 Å². The molecule has 1 aliphatic carbocycles. The molecule has 0 amide bonds. The predicted molar refractivity (Wildman–Crippen MR) is 377 cm³/mol. The molecule has 11 aliphatic rings. The smallest absolute Gasteiger partial charge is 0.0992 e. The van der Waals surface area contributed by atoms with Crippen LogP contribution in [-0.4, -0.2) is 245 Å². The van der Waals surface area contributed by atoms with Crippen LogP contribution < -0.4 is 0 Å². The van der Waals surface area contributed by atoms with Crippen LogP contribution in [0.5, 0.6) is 0 Å². The van der Waals surface area contributed by atoms with Crippen LogP contribution in [0.25, 0.3) is 0 Å².